The number of allylic oxidation sites excluding steroid dienone is 2. The molecule has 0 saturated carbocycles. The van der Waals surface area contributed by atoms with Crippen molar-refractivity contribution in [3.8, 4) is 23.0 Å². The molecule has 6 rings (SSSR count). The van der Waals surface area contributed by atoms with E-state index in [1.807, 2.05) is 7.05 Å². The van der Waals surface area contributed by atoms with Crippen molar-refractivity contribution in [1.82, 2.24) is 9.91 Å². The molecule has 1 fully saturated rings. The molecule has 2 aromatic rings. The summed E-state index contributed by atoms with van der Waals surface area (Å²) in [5, 5.41) is 77.6. The number of aliphatic hydroxyl groups is 3. The lowest BCUT2D eigenvalue weighted by molar-refractivity contribution is -0.112. The first-order chi connectivity index (χ1) is 26.3. The Bertz CT molecular complexity index is 1950. The number of phenolic OH excluding ortho intramolecular Hbond substituents is 3. The Morgan fingerprint density at radius 2 is 1.52 bits per heavy atom. The van der Waals surface area contributed by atoms with Gasteiger partial charge < -0.3 is 55.1 Å². The summed E-state index contributed by atoms with van der Waals surface area (Å²) in [6.45, 7) is 13.8. The number of ether oxygens (including phenoxy) is 3. The monoisotopic (exact) mass is 780 g/mol. The van der Waals surface area contributed by atoms with Gasteiger partial charge in [0, 0.05) is 80.4 Å². The normalized spacial score (nSPS) is 33.3. The molecular weight excluding hydrogens is 724 g/mol. The highest BCUT2D eigenvalue weighted by Crippen LogP contribution is 2.55. The first kappa shape index (κ1) is 42.5. The number of hydrazone groups is 1. The molecule has 0 unspecified atom stereocenters. The summed E-state index contributed by atoms with van der Waals surface area (Å²) >= 11 is 0. The van der Waals surface area contributed by atoms with Crippen molar-refractivity contribution < 1.29 is 54.4 Å². The van der Waals surface area contributed by atoms with Gasteiger partial charge in [0.15, 0.2) is 5.75 Å². The number of nitrogens with one attached hydrogen (secondary N) is 1. The highest BCUT2D eigenvalue weighted by Gasteiger charge is 2.50. The number of methoxy groups -OCH3 is 1. The van der Waals surface area contributed by atoms with Crippen molar-refractivity contribution in [2.45, 2.75) is 78.7 Å². The molecule has 9 atom stereocenters. The molecule has 0 aliphatic carbocycles. The van der Waals surface area contributed by atoms with Crippen molar-refractivity contribution in [2.24, 2.45) is 28.8 Å². The molecule has 56 heavy (non-hydrogen) atoms. The number of phenols is 3. The maximum Gasteiger partial charge on any atom is 0.312 e. The number of aromatic hydroxyl groups is 3. The minimum absolute atomic E-state index is 0.0688. The second kappa shape index (κ2) is 16.8. The van der Waals surface area contributed by atoms with E-state index < -0.39 is 82.8 Å². The van der Waals surface area contributed by atoms with Crippen LogP contribution in [0.15, 0.2) is 41.2 Å². The van der Waals surface area contributed by atoms with Crippen LogP contribution in [0.2, 0.25) is 0 Å². The van der Waals surface area contributed by atoms with Gasteiger partial charge in [0.2, 0.25) is 0 Å². The summed E-state index contributed by atoms with van der Waals surface area (Å²) in [6.07, 6.45) is 4.79. The van der Waals surface area contributed by atoms with Crippen LogP contribution in [0, 0.1) is 30.6 Å². The number of aliphatic hydroxyl groups excluding tert-OH is 3. The molecule has 306 valence electrons. The molecule has 4 heterocycles. The molecule has 2 aromatic carbocycles. The Hall–Kier alpha value is -4.67. The number of rotatable bonds is 3. The number of anilines is 1. The second-order valence-electron chi connectivity index (χ2n) is 15.5. The molecule has 1 saturated heterocycles. The van der Waals surface area contributed by atoms with Crippen LogP contribution in [0.5, 0.6) is 23.0 Å². The predicted molar refractivity (Wildman–Crippen MR) is 211 cm³/mol. The molecule has 0 radical (unpaired) electrons. The maximum absolute atomic E-state index is 14.3. The molecule has 15 heteroatoms. The number of benzene rings is 2. The average Bonchev–Trinajstić information content (AvgIpc) is 3.44. The first-order valence-electron chi connectivity index (χ1n) is 18.9. The first-order valence-corrected chi connectivity index (χ1v) is 18.9. The highest BCUT2D eigenvalue weighted by molar-refractivity contribution is 6.23. The number of fused-ring (bicyclic) bond motifs is 14. The van der Waals surface area contributed by atoms with Crippen molar-refractivity contribution in [3.05, 3.63) is 52.8 Å². The molecule has 1 amide bonds. The van der Waals surface area contributed by atoms with Gasteiger partial charge in [-0.25, -0.2) is 0 Å². The largest absolute Gasteiger partial charge is 0.507 e. The van der Waals surface area contributed by atoms with Crippen LogP contribution < -0.4 is 10.1 Å². The number of amides is 1. The lowest BCUT2D eigenvalue weighted by Crippen LogP contribution is -2.44. The van der Waals surface area contributed by atoms with E-state index in [9.17, 15) is 40.2 Å². The van der Waals surface area contributed by atoms with Gasteiger partial charge in [-0.05, 0) is 27.0 Å². The molecular formula is C41H56N4O11. The summed E-state index contributed by atoms with van der Waals surface area (Å²) < 4.78 is 17.7. The fraction of sp³-hybridized carbons (Fsp3) is 0.537. The molecule has 7 N–H and O–H groups in total. The Kier molecular flexibility index (Phi) is 12.8. The summed E-state index contributed by atoms with van der Waals surface area (Å²) in [5.74, 6) is -7.59. The number of carbonyl (C=O) groups is 2. The van der Waals surface area contributed by atoms with Gasteiger partial charge in [-0.3, -0.25) is 14.6 Å². The SMILES string of the molecule is CO[C@H]1/C=C/O[C@@]2(C)Oc3c(C)c(O)c4c(O)c(c(/C=N/N5CCN(C)CC5)c(O)c4c3C2=O)NC(=O)/C(C)=C/C=C/[C@H](C)[C@H](O)[C@@H](C)[C@@H](O)[C@@H](C)[C@H](O)[C@H]1C. The van der Waals surface area contributed by atoms with E-state index in [0.29, 0.717) is 13.1 Å². The van der Waals surface area contributed by atoms with Gasteiger partial charge in [0.05, 0.1) is 59.1 Å². The van der Waals surface area contributed by atoms with E-state index in [2.05, 4.69) is 15.3 Å². The third-order valence-corrected chi connectivity index (χ3v) is 11.6. The number of likely N-dealkylation sites (N-methyl/N-ethyl adjacent to an activating group) is 1. The zero-order valence-corrected chi connectivity index (χ0v) is 33.5. The van der Waals surface area contributed by atoms with Crippen LogP contribution in [0.25, 0.3) is 10.8 Å². The lowest BCUT2D eigenvalue weighted by Gasteiger charge is -2.36. The van der Waals surface area contributed by atoms with Crippen molar-refractivity contribution in [3.63, 3.8) is 0 Å². The number of hydrogen-bond donors (Lipinski definition) is 7. The minimum atomic E-state index is -2.01. The molecule has 0 spiro atoms. The topological polar surface area (TPSA) is 214 Å². The number of ketones is 1. The fourth-order valence-corrected chi connectivity index (χ4v) is 7.53. The third-order valence-electron chi connectivity index (χ3n) is 11.6. The van der Waals surface area contributed by atoms with E-state index in [1.54, 1.807) is 44.9 Å². The molecule has 4 aliphatic heterocycles. The Balaban J connectivity index is 1.70. The Labute approximate surface area is 327 Å². The predicted octanol–water partition coefficient (Wildman–Crippen LogP) is 3.76. The number of Topliss-reactive ketones (excluding diaryl/α,β-unsaturated/α-hetero) is 1. The van der Waals surface area contributed by atoms with Gasteiger partial charge in [-0.2, -0.15) is 5.10 Å². The van der Waals surface area contributed by atoms with Crippen LogP contribution in [0.1, 0.15) is 63.0 Å². The van der Waals surface area contributed by atoms with Crippen LogP contribution in [0.3, 0.4) is 0 Å². The summed E-state index contributed by atoms with van der Waals surface area (Å²) in [5.41, 5.74) is -0.290. The highest BCUT2D eigenvalue weighted by atomic mass is 16.7. The molecule has 4 aliphatic rings. The zero-order valence-electron chi connectivity index (χ0n) is 33.5. The third kappa shape index (κ3) is 7.96. The van der Waals surface area contributed by atoms with E-state index in [4.69, 9.17) is 14.2 Å². The van der Waals surface area contributed by atoms with Gasteiger partial charge in [0.25, 0.3) is 11.7 Å². The smallest absolute Gasteiger partial charge is 0.312 e. The standard InChI is InChI=1S/C41H56N4O11/c1-20-11-10-12-21(2)40(53)43-31-26(19-42-45-16-14-44(8)15-17-45)36(50)28-29(37(31)51)35(49)25(6)38-30(28)39(52)41(7,56-38)55-18-13-27(54-9)22(3)33(47)24(5)34(48)23(4)32(20)46/h10-13,18-20,22-24,27,32-34,46-51H,14-17H2,1-9H3,(H,43,53)/b11-10+,18-13+,21-12+,42-19+/t20-,22-,23+,24-,27-,32-,33+,34+,41-/m0/s1. The van der Waals surface area contributed by atoms with E-state index in [-0.39, 0.29) is 44.5 Å². The Morgan fingerprint density at radius 1 is 0.893 bits per heavy atom. The average molecular weight is 781 g/mol. The van der Waals surface area contributed by atoms with E-state index in [0.717, 1.165) is 13.1 Å². The molecule has 0 aromatic heterocycles. The second-order valence-corrected chi connectivity index (χ2v) is 15.5. The van der Waals surface area contributed by atoms with Crippen molar-refractivity contribution in [1.29, 1.82) is 0 Å². The van der Waals surface area contributed by atoms with Gasteiger partial charge in [-0.15, -0.1) is 0 Å². The van der Waals surface area contributed by atoms with Crippen LogP contribution in [-0.4, -0.2) is 129 Å². The van der Waals surface area contributed by atoms with Crippen LogP contribution in [-0.2, 0) is 14.3 Å². The summed E-state index contributed by atoms with van der Waals surface area (Å²) in [4.78, 5) is 30.1. The molecule has 15 nitrogen and oxygen atoms in total. The van der Waals surface area contributed by atoms with Crippen molar-refractivity contribution >= 4 is 34.4 Å². The maximum atomic E-state index is 14.3. The van der Waals surface area contributed by atoms with Gasteiger partial charge in [0.1, 0.15) is 17.2 Å². The number of hydrogen-bond acceptors (Lipinski definition) is 14. The fourth-order valence-electron chi connectivity index (χ4n) is 7.53. The van der Waals surface area contributed by atoms with Gasteiger partial charge in [-0.1, -0.05) is 45.9 Å². The van der Waals surface area contributed by atoms with E-state index >= 15 is 0 Å². The van der Waals surface area contributed by atoms with Crippen molar-refractivity contribution in [2.75, 3.05) is 45.7 Å². The Morgan fingerprint density at radius 3 is 2.16 bits per heavy atom. The van der Waals surface area contributed by atoms with Crippen LogP contribution >= 0.6 is 0 Å². The lowest BCUT2D eigenvalue weighted by atomic mass is 9.78. The van der Waals surface area contributed by atoms with E-state index in [1.165, 1.54) is 52.5 Å². The quantitative estimate of drug-likeness (QED) is 0.134. The minimum Gasteiger partial charge on any atom is -0.507 e. The summed E-state index contributed by atoms with van der Waals surface area (Å²) in [6, 6.07) is 0. The van der Waals surface area contributed by atoms with Gasteiger partial charge >= 0.3 is 5.79 Å². The van der Waals surface area contributed by atoms with Crippen LogP contribution in [0.4, 0.5) is 5.69 Å². The molecule has 5 bridgehead atoms. The number of piperazine rings is 1. The number of carbonyl (C=O) groups excluding carboxylic acids is 2. The summed E-state index contributed by atoms with van der Waals surface area (Å²) in [7, 11) is 3.43. The zero-order chi connectivity index (χ0) is 41.4. The number of nitrogens with zero attached hydrogens (tertiary/aromatic N) is 3.